The number of nitrogens with zero attached hydrogens (tertiary/aromatic N) is 1. The quantitative estimate of drug-likeness (QED) is 0.719. The number of sulfonamides is 1. The standard InChI is InChI=1S/C23H34N2O5S/c26-23(24-12-9-18-5-2-1-3-6-18)19-10-13-25(14-11-19)31(27,28)20-7-8-21-22(17-20)30-16-4-15-29-21/h7-8,17-19H,1-6,9-16H2,(H,24,26). The zero-order chi connectivity index (χ0) is 21.7. The summed E-state index contributed by atoms with van der Waals surface area (Å²) in [5, 5.41) is 3.09. The van der Waals surface area contributed by atoms with Gasteiger partial charge in [0.2, 0.25) is 15.9 Å². The number of benzene rings is 1. The molecule has 1 amide bonds. The number of hydrogen-bond donors (Lipinski definition) is 1. The van der Waals surface area contributed by atoms with Crippen LogP contribution in [-0.4, -0.2) is 51.5 Å². The van der Waals surface area contributed by atoms with Gasteiger partial charge >= 0.3 is 0 Å². The van der Waals surface area contributed by atoms with Gasteiger partial charge in [0.25, 0.3) is 0 Å². The van der Waals surface area contributed by atoms with Crippen molar-refractivity contribution in [1.29, 1.82) is 0 Å². The molecule has 2 fully saturated rings. The van der Waals surface area contributed by atoms with Crippen LogP contribution in [0.2, 0.25) is 0 Å². The molecular formula is C23H34N2O5S. The highest BCUT2D eigenvalue weighted by Crippen LogP contribution is 2.34. The molecule has 1 aromatic rings. The average molecular weight is 451 g/mol. The van der Waals surface area contributed by atoms with Crippen molar-refractivity contribution < 1.29 is 22.7 Å². The summed E-state index contributed by atoms with van der Waals surface area (Å²) >= 11 is 0. The first-order valence-corrected chi connectivity index (χ1v) is 13.2. The van der Waals surface area contributed by atoms with Crippen LogP contribution < -0.4 is 14.8 Å². The second-order valence-electron chi connectivity index (χ2n) is 8.92. The molecule has 1 saturated heterocycles. The molecule has 7 nitrogen and oxygen atoms in total. The van der Waals surface area contributed by atoms with Crippen LogP contribution in [0.3, 0.4) is 0 Å². The van der Waals surface area contributed by atoms with Crippen molar-refractivity contribution in [2.75, 3.05) is 32.8 Å². The molecule has 2 heterocycles. The summed E-state index contributed by atoms with van der Waals surface area (Å²) in [6.07, 6.45) is 9.48. The van der Waals surface area contributed by atoms with Gasteiger partial charge < -0.3 is 14.8 Å². The Kier molecular flexibility index (Phi) is 7.38. The van der Waals surface area contributed by atoms with Gasteiger partial charge in [0.15, 0.2) is 11.5 Å². The van der Waals surface area contributed by atoms with Gasteiger partial charge in [-0.3, -0.25) is 4.79 Å². The Morgan fingerprint density at radius 3 is 2.42 bits per heavy atom. The van der Waals surface area contributed by atoms with Crippen LogP contribution in [0.25, 0.3) is 0 Å². The van der Waals surface area contributed by atoms with Crippen LogP contribution in [0, 0.1) is 11.8 Å². The molecule has 4 rings (SSSR count). The lowest BCUT2D eigenvalue weighted by Gasteiger charge is -2.31. The van der Waals surface area contributed by atoms with E-state index in [1.165, 1.54) is 36.4 Å². The molecule has 0 aromatic heterocycles. The molecule has 8 heteroatoms. The van der Waals surface area contributed by atoms with Crippen LogP contribution in [0.1, 0.15) is 57.8 Å². The van der Waals surface area contributed by atoms with Gasteiger partial charge in [-0.25, -0.2) is 8.42 Å². The average Bonchev–Trinajstić information content (AvgIpc) is 3.05. The van der Waals surface area contributed by atoms with E-state index < -0.39 is 10.0 Å². The summed E-state index contributed by atoms with van der Waals surface area (Å²) < 4.78 is 38.9. The van der Waals surface area contributed by atoms with Crippen molar-refractivity contribution in [3.8, 4) is 11.5 Å². The molecule has 0 atom stereocenters. The predicted molar refractivity (Wildman–Crippen MR) is 118 cm³/mol. The maximum atomic E-state index is 13.1. The van der Waals surface area contributed by atoms with E-state index in [4.69, 9.17) is 9.47 Å². The first-order chi connectivity index (χ1) is 15.0. The van der Waals surface area contributed by atoms with E-state index in [2.05, 4.69) is 5.32 Å². The number of hydrogen-bond acceptors (Lipinski definition) is 5. The van der Waals surface area contributed by atoms with E-state index in [9.17, 15) is 13.2 Å². The van der Waals surface area contributed by atoms with Crippen LogP contribution in [0.4, 0.5) is 0 Å². The highest BCUT2D eigenvalue weighted by Gasteiger charge is 2.32. The molecule has 0 spiro atoms. The minimum Gasteiger partial charge on any atom is -0.490 e. The number of carbonyl (C=O) groups excluding carboxylic acids is 1. The van der Waals surface area contributed by atoms with Crippen molar-refractivity contribution in [1.82, 2.24) is 9.62 Å². The molecule has 0 radical (unpaired) electrons. The third kappa shape index (κ3) is 5.52. The number of nitrogens with one attached hydrogen (secondary N) is 1. The summed E-state index contributed by atoms with van der Waals surface area (Å²) in [5.41, 5.74) is 0. The fourth-order valence-electron chi connectivity index (χ4n) is 4.83. The highest BCUT2D eigenvalue weighted by molar-refractivity contribution is 7.89. The smallest absolute Gasteiger partial charge is 0.243 e. The number of fused-ring (bicyclic) bond motifs is 1. The number of carbonyl (C=O) groups is 1. The molecule has 0 unspecified atom stereocenters. The molecule has 3 aliphatic rings. The third-order valence-corrected chi connectivity index (χ3v) is 8.65. The maximum Gasteiger partial charge on any atom is 0.243 e. The van der Waals surface area contributed by atoms with E-state index in [0.717, 1.165) is 25.3 Å². The summed E-state index contributed by atoms with van der Waals surface area (Å²) in [4.78, 5) is 12.8. The fraction of sp³-hybridized carbons (Fsp3) is 0.696. The van der Waals surface area contributed by atoms with E-state index in [0.29, 0.717) is 50.6 Å². The normalized spacial score (nSPS) is 21.4. The van der Waals surface area contributed by atoms with Crippen molar-refractivity contribution in [3.63, 3.8) is 0 Å². The van der Waals surface area contributed by atoms with Gasteiger partial charge in [0, 0.05) is 38.0 Å². The lowest BCUT2D eigenvalue weighted by molar-refractivity contribution is -0.126. The largest absolute Gasteiger partial charge is 0.490 e. The second-order valence-corrected chi connectivity index (χ2v) is 10.9. The Morgan fingerprint density at radius 1 is 0.968 bits per heavy atom. The Morgan fingerprint density at radius 2 is 1.68 bits per heavy atom. The molecule has 1 aromatic carbocycles. The topological polar surface area (TPSA) is 84.9 Å². The Labute approximate surface area is 185 Å². The predicted octanol–water partition coefficient (Wildman–Crippen LogP) is 3.34. The number of ether oxygens (including phenoxy) is 2. The minimum absolute atomic E-state index is 0.0726. The Balaban J connectivity index is 1.28. The van der Waals surface area contributed by atoms with Crippen molar-refractivity contribution in [2.45, 2.75) is 62.7 Å². The van der Waals surface area contributed by atoms with E-state index >= 15 is 0 Å². The molecule has 31 heavy (non-hydrogen) atoms. The van der Waals surface area contributed by atoms with E-state index in [-0.39, 0.29) is 16.7 Å². The second kappa shape index (κ2) is 10.2. The zero-order valence-electron chi connectivity index (χ0n) is 18.2. The molecule has 0 bridgehead atoms. The Hall–Kier alpha value is -1.80. The minimum atomic E-state index is -3.62. The monoisotopic (exact) mass is 450 g/mol. The zero-order valence-corrected chi connectivity index (χ0v) is 19.0. The van der Waals surface area contributed by atoms with Crippen molar-refractivity contribution in [2.24, 2.45) is 11.8 Å². The summed E-state index contributed by atoms with van der Waals surface area (Å²) in [7, 11) is -3.62. The molecule has 1 saturated carbocycles. The van der Waals surface area contributed by atoms with Crippen LogP contribution in [0.15, 0.2) is 23.1 Å². The number of piperidine rings is 1. The van der Waals surface area contributed by atoms with Crippen LogP contribution in [-0.2, 0) is 14.8 Å². The van der Waals surface area contributed by atoms with Gasteiger partial charge in [0.1, 0.15) is 0 Å². The maximum absolute atomic E-state index is 13.1. The van der Waals surface area contributed by atoms with Gasteiger partial charge in [-0.1, -0.05) is 32.1 Å². The molecule has 1 aliphatic carbocycles. The van der Waals surface area contributed by atoms with Gasteiger partial charge in [-0.05, 0) is 37.3 Å². The van der Waals surface area contributed by atoms with Gasteiger partial charge in [-0.2, -0.15) is 4.31 Å². The highest BCUT2D eigenvalue weighted by atomic mass is 32.2. The fourth-order valence-corrected chi connectivity index (χ4v) is 6.32. The Bertz CT molecular complexity index is 859. The van der Waals surface area contributed by atoms with Crippen molar-refractivity contribution in [3.05, 3.63) is 18.2 Å². The van der Waals surface area contributed by atoms with Gasteiger partial charge in [-0.15, -0.1) is 0 Å². The lowest BCUT2D eigenvalue weighted by atomic mass is 9.87. The first kappa shape index (κ1) is 22.4. The number of rotatable bonds is 6. The molecule has 172 valence electrons. The molecular weight excluding hydrogens is 416 g/mol. The summed E-state index contributed by atoms with van der Waals surface area (Å²) in [6, 6.07) is 4.80. The van der Waals surface area contributed by atoms with E-state index in [1.54, 1.807) is 18.2 Å². The molecule has 2 aliphatic heterocycles. The summed E-state index contributed by atoms with van der Waals surface area (Å²) in [5.74, 6) is 1.77. The first-order valence-electron chi connectivity index (χ1n) is 11.7. The van der Waals surface area contributed by atoms with Crippen LogP contribution >= 0.6 is 0 Å². The SMILES string of the molecule is O=C(NCCC1CCCCC1)C1CCN(S(=O)(=O)c2ccc3c(c2)OCCCO3)CC1. The van der Waals surface area contributed by atoms with Crippen molar-refractivity contribution >= 4 is 15.9 Å². The third-order valence-electron chi connectivity index (χ3n) is 6.76. The van der Waals surface area contributed by atoms with Gasteiger partial charge in [0.05, 0.1) is 18.1 Å². The lowest BCUT2D eigenvalue weighted by Crippen LogP contribution is -2.43. The molecule has 1 N–H and O–H groups in total. The number of amides is 1. The summed E-state index contributed by atoms with van der Waals surface area (Å²) in [6.45, 7) is 2.53. The van der Waals surface area contributed by atoms with Crippen LogP contribution in [0.5, 0.6) is 11.5 Å². The van der Waals surface area contributed by atoms with E-state index in [1.807, 2.05) is 0 Å².